The van der Waals surface area contributed by atoms with Gasteiger partial charge in [-0.15, -0.1) is 11.3 Å². The maximum Gasteiger partial charge on any atom is 0.282 e. The zero-order chi connectivity index (χ0) is 19.0. The first-order chi connectivity index (χ1) is 13.1. The molecule has 1 saturated heterocycles. The lowest BCUT2D eigenvalue weighted by atomic mass is 10.1. The Bertz CT molecular complexity index is 902. The summed E-state index contributed by atoms with van der Waals surface area (Å²) >= 11 is 1.43. The molecular weight excluding hydrogens is 365 g/mol. The van der Waals surface area contributed by atoms with Crippen LogP contribution in [0.3, 0.4) is 0 Å². The molecular formula is C20H20FN3O2S. The van der Waals surface area contributed by atoms with Crippen molar-refractivity contribution in [2.75, 3.05) is 37.6 Å². The minimum atomic E-state index is -0.476. The number of piperazine rings is 1. The highest BCUT2D eigenvalue weighted by Crippen LogP contribution is 2.36. The topological polar surface area (TPSA) is 43.9 Å². The van der Waals surface area contributed by atoms with E-state index in [1.807, 2.05) is 22.4 Å². The largest absolute Gasteiger partial charge is 0.364 e. The molecule has 0 unspecified atom stereocenters. The van der Waals surface area contributed by atoms with Crippen molar-refractivity contribution >= 4 is 34.4 Å². The Labute approximate surface area is 161 Å². The molecule has 2 amide bonds. The quantitative estimate of drug-likeness (QED) is 0.760. The van der Waals surface area contributed by atoms with Gasteiger partial charge in [-0.05, 0) is 36.2 Å². The number of carbonyl (C=O) groups is 2. The van der Waals surface area contributed by atoms with Crippen LogP contribution in [0.5, 0.6) is 0 Å². The molecule has 0 radical (unpaired) electrons. The Morgan fingerprint density at radius 3 is 2.44 bits per heavy atom. The van der Waals surface area contributed by atoms with Crippen LogP contribution in [0.25, 0.3) is 5.57 Å². The van der Waals surface area contributed by atoms with Crippen LogP contribution in [0.2, 0.25) is 0 Å². The van der Waals surface area contributed by atoms with Crippen molar-refractivity contribution in [3.63, 3.8) is 0 Å². The van der Waals surface area contributed by atoms with Crippen LogP contribution in [0, 0.1) is 5.82 Å². The number of imide groups is 1. The molecule has 0 aliphatic carbocycles. The van der Waals surface area contributed by atoms with Crippen molar-refractivity contribution in [2.45, 2.75) is 6.92 Å². The number of rotatable bonds is 4. The summed E-state index contributed by atoms with van der Waals surface area (Å²) in [5.41, 5.74) is 1.12. The van der Waals surface area contributed by atoms with Crippen molar-refractivity contribution in [3.8, 4) is 0 Å². The zero-order valence-corrected chi connectivity index (χ0v) is 15.8. The first-order valence-corrected chi connectivity index (χ1v) is 9.88. The lowest BCUT2D eigenvalue weighted by Gasteiger charge is -2.35. The van der Waals surface area contributed by atoms with E-state index >= 15 is 0 Å². The van der Waals surface area contributed by atoms with Gasteiger partial charge in [-0.25, -0.2) is 9.29 Å². The Kier molecular flexibility index (Phi) is 4.80. The number of hydrogen-bond donors (Lipinski definition) is 0. The number of amides is 2. The molecule has 1 aromatic carbocycles. The Morgan fingerprint density at radius 1 is 1.04 bits per heavy atom. The predicted molar refractivity (Wildman–Crippen MR) is 104 cm³/mol. The molecule has 2 aliphatic heterocycles. The smallest absolute Gasteiger partial charge is 0.282 e. The molecule has 5 nitrogen and oxygen atoms in total. The van der Waals surface area contributed by atoms with Gasteiger partial charge in [0.25, 0.3) is 11.8 Å². The number of hydrogen-bond acceptors (Lipinski definition) is 5. The second-order valence-corrected chi connectivity index (χ2v) is 7.50. The van der Waals surface area contributed by atoms with E-state index in [-0.39, 0.29) is 17.5 Å². The minimum absolute atomic E-state index is 0.265. The van der Waals surface area contributed by atoms with Gasteiger partial charge in [0.1, 0.15) is 11.5 Å². The molecule has 0 bridgehead atoms. The van der Waals surface area contributed by atoms with Crippen LogP contribution >= 0.6 is 11.3 Å². The summed E-state index contributed by atoms with van der Waals surface area (Å²) in [6.07, 6.45) is 0. The Morgan fingerprint density at radius 2 is 1.81 bits per heavy atom. The van der Waals surface area contributed by atoms with Gasteiger partial charge in [0, 0.05) is 31.1 Å². The summed E-state index contributed by atoms with van der Waals surface area (Å²) in [4.78, 5) is 32.6. The molecule has 27 heavy (non-hydrogen) atoms. The zero-order valence-electron chi connectivity index (χ0n) is 15.0. The fraction of sp³-hybridized carbons (Fsp3) is 0.300. The molecule has 7 heteroatoms. The molecule has 0 saturated carbocycles. The average Bonchev–Trinajstić information content (AvgIpc) is 3.28. The van der Waals surface area contributed by atoms with Crippen molar-refractivity contribution in [3.05, 3.63) is 58.2 Å². The van der Waals surface area contributed by atoms with Crippen LogP contribution in [0.4, 0.5) is 10.1 Å². The second kappa shape index (κ2) is 7.25. The summed E-state index contributed by atoms with van der Waals surface area (Å²) in [5.74, 6) is -1.24. The van der Waals surface area contributed by atoms with E-state index < -0.39 is 5.82 Å². The first kappa shape index (κ1) is 17.9. The molecule has 140 valence electrons. The molecule has 0 atom stereocenters. The monoisotopic (exact) mass is 385 g/mol. The molecule has 1 fully saturated rings. The number of likely N-dealkylation sites (N-methyl/N-ethyl adjacent to an activating group) is 1. The third kappa shape index (κ3) is 3.17. The van der Waals surface area contributed by atoms with Gasteiger partial charge >= 0.3 is 0 Å². The van der Waals surface area contributed by atoms with E-state index in [9.17, 15) is 14.0 Å². The van der Waals surface area contributed by atoms with Crippen LogP contribution in [-0.4, -0.2) is 54.3 Å². The fourth-order valence-electron chi connectivity index (χ4n) is 3.59. The van der Waals surface area contributed by atoms with E-state index in [1.54, 1.807) is 6.07 Å². The fourth-order valence-corrected chi connectivity index (χ4v) is 4.35. The van der Waals surface area contributed by atoms with Crippen LogP contribution < -0.4 is 4.90 Å². The molecule has 3 heterocycles. The highest BCUT2D eigenvalue weighted by molar-refractivity contribution is 7.11. The average molecular weight is 385 g/mol. The normalized spacial score (nSPS) is 18.7. The maximum absolute atomic E-state index is 13.7. The minimum Gasteiger partial charge on any atom is -0.364 e. The number of halogens is 1. The Balaban J connectivity index is 1.75. The van der Waals surface area contributed by atoms with Gasteiger partial charge in [0.2, 0.25) is 0 Å². The van der Waals surface area contributed by atoms with Crippen LogP contribution in [0.15, 0.2) is 47.5 Å². The molecule has 2 aromatic rings. The van der Waals surface area contributed by atoms with Crippen molar-refractivity contribution in [2.24, 2.45) is 0 Å². The summed E-state index contributed by atoms with van der Waals surface area (Å²) < 4.78 is 13.7. The van der Waals surface area contributed by atoms with Crippen molar-refractivity contribution < 1.29 is 14.0 Å². The lowest BCUT2D eigenvalue weighted by molar-refractivity contribution is -0.120. The molecule has 0 N–H and O–H groups in total. The number of benzene rings is 1. The van der Waals surface area contributed by atoms with Gasteiger partial charge < -0.3 is 9.80 Å². The summed E-state index contributed by atoms with van der Waals surface area (Å²) in [6.45, 7) is 6.15. The third-order valence-electron chi connectivity index (χ3n) is 5.03. The number of anilines is 1. The van der Waals surface area contributed by atoms with Gasteiger partial charge in [-0.1, -0.05) is 19.1 Å². The van der Waals surface area contributed by atoms with E-state index in [0.29, 0.717) is 24.4 Å². The van der Waals surface area contributed by atoms with E-state index in [2.05, 4.69) is 11.8 Å². The highest BCUT2D eigenvalue weighted by atomic mass is 32.1. The van der Waals surface area contributed by atoms with E-state index in [1.165, 1.54) is 29.5 Å². The molecule has 4 rings (SSSR count). The van der Waals surface area contributed by atoms with Gasteiger partial charge in [-0.2, -0.15) is 0 Å². The van der Waals surface area contributed by atoms with E-state index in [0.717, 1.165) is 29.4 Å². The standard InChI is InChI=1S/C20H20FN3O2S/c1-2-22-8-10-23(11-9-22)18-17(16-7-4-12-27-16)19(25)24(20(18)26)15-6-3-5-14(21)13-15/h3-7,12-13H,2,8-11H2,1H3. The molecule has 1 aromatic heterocycles. The van der Waals surface area contributed by atoms with Gasteiger partial charge in [0.15, 0.2) is 0 Å². The van der Waals surface area contributed by atoms with Crippen LogP contribution in [-0.2, 0) is 9.59 Å². The number of thiophene rings is 1. The molecule has 2 aliphatic rings. The predicted octanol–water partition coefficient (Wildman–Crippen LogP) is 2.81. The number of carbonyl (C=O) groups excluding carboxylic acids is 2. The first-order valence-electron chi connectivity index (χ1n) is 9.00. The number of nitrogens with zero attached hydrogens (tertiary/aromatic N) is 3. The second-order valence-electron chi connectivity index (χ2n) is 6.55. The van der Waals surface area contributed by atoms with Crippen molar-refractivity contribution in [1.29, 1.82) is 0 Å². The van der Waals surface area contributed by atoms with Gasteiger partial charge in [-0.3, -0.25) is 9.59 Å². The Hall–Kier alpha value is -2.51. The molecule has 0 spiro atoms. The van der Waals surface area contributed by atoms with Gasteiger partial charge in [0.05, 0.1) is 11.3 Å². The summed E-state index contributed by atoms with van der Waals surface area (Å²) in [6, 6.07) is 9.33. The SMILES string of the molecule is CCN1CCN(C2=C(c3cccs3)C(=O)N(c3cccc(F)c3)C2=O)CC1. The summed E-state index contributed by atoms with van der Waals surface area (Å²) in [7, 11) is 0. The summed E-state index contributed by atoms with van der Waals surface area (Å²) in [5, 5.41) is 1.89. The third-order valence-corrected chi connectivity index (χ3v) is 5.92. The van der Waals surface area contributed by atoms with E-state index in [4.69, 9.17) is 0 Å². The van der Waals surface area contributed by atoms with Crippen molar-refractivity contribution in [1.82, 2.24) is 9.80 Å². The lowest BCUT2D eigenvalue weighted by Crippen LogP contribution is -2.47. The highest BCUT2D eigenvalue weighted by Gasteiger charge is 2.43. The maximum atomic E-state index is 13.7. The van der Waals surface area contributed by atoms with Crippen LogP contribution in [0.1, 0.15) is 11.8 Å².